The van der Waals surface area contributed by atoms with Crippen LogP contribution in [0.25, 0.3) is 0 Å². The van der Waals surface area contributed by atoms with Gasteiger partial charge in [-0.3, -0.25) is 0 Å². The molecule has 0 amide bonds. The molecule has 0 aromatic carbocycles. The van der Waals surface area contributed by atoms with Crippen LogP contribution < -0.4 is 5.32 Å². The monoisotopic (exact) mass is 233 g/mol. The Balaban J connectivity index is 0.000000980. The number of carbonyl (C=O) groups is 1. The Kier molecular flexibility index (Phi) is 3.92. The van der Waals surface area contributed by atoms with E-state index in [0.29, 0.717) is 0 Å². The topological polar surface area (TPSA) is 38.3 Å². The molecule has 1 aliphatic heterocycles. The predicted molar refractivity (Wildman–Crippen MR) is 58.3 cm³/mol. The molecule has 78 valence electrons. The van der Waals surface area contributed by atoms with Crippen LogP contribution in [0.3, 0.4) is 0 Å². The molecule has 3 nitrogen and oxygen atoms in total. The number of hydrogen-bond acceptors (Lipinski definition) is 4. The molecule has 0 saturated carbocycles. The maximum absolute atomic E-state index is 11.2. The lowest BCUT2D eigenvalue weighted by Crippen LogP contribution is -2.21. The van der Waals surface area contributed by atoms with Crippen molar-refractivity contribution >= 4 is 29.7 Å². The fourth-order valence-corrected chi connectivity index (χ4v) is 2.55. The Bertz CT molecular complexity index is 314. The number of fused-ring (bicyclic) bond motifs is 1. The van der Waals surface area contributed by atoms with Gasteiger partial charge in [0.05, 0.1) is 7.11 Å². The molecule has 14 heavy (non-hydrogen) atoms. The molecule has 1 aromatic rings. The summed E-state index contributed by atoms with van der Waals surface area (Å²) in [6, 6.07) is 1.93. The first kappa shape index (κ1) is 11.5. The van der Waals surface area contributed by atoms with Gasteiger partial charge in [-0.2, -0.15) is 0 Å². The molecule has 0 saturated heterocycles. The number of rotatable bonds is 1. The first-order chi connectivity index (χ1) is 6.31. The van der Waals surface area contributed by atoms with Crippen LogP contribution >= 0.6 is 23.7 Å². The van der Waals surface area contributed by atoms with Crippen molar-refractivity contribution in [2.24, 2.45) is 0 Å². The number of carbonyl (C=O) groups excluding carboxylic acids is 1. The first-order valence-electron chi connectivity index (χ1n) is 4.22. The summed E-state index contributed by atoms with van der Waals surface area (Å²) in [6.07, 6.45) is 1.02. The van der Waals surface area contributed by atoms with Crippen molar-refractivity contribution in [3.05, 3.63) is 21.4 Å². The zero-order valence-corrected chi connectivity index (χ0v) is 9.46. The maximum Gasteiger partial charge on any atom is 0.348 e. The molecule has 5 heteroatoms. The van der Waals surface area contributed by atoms with E-state index in [1.165, 1.54) is 17.6 Å². The molecule has 1 N–H and O–H groups in total. The number of nitrogens with one attached hydrogen (secondary N) is 1. The van der Waals surface area contributed by atoms with E-state index in [9.17, 15) is 4.79 Å². The van der Waals surface area contributed by atoms with Crippen molar-refractivity contribution in [2.45, 2.75) is 13.0 Å². The summed E-state index contributed by atoms with van der Waals surface area (Å²) in [4.78, 5) is 13.2. The number of ether oxygens (including phenoxy) is 1. The molecule has 0 aliphatic carbocycles. The van der Waals surface area contributed by atoms with E-state index in [0.717, 1.165) is 24.4 Å². The molecule has 2 heterocycles. The molecule has 0 unspecified atom stereocenters. The highest BCUT2D eigenvalue weighted by Gasteiger charge is 2.16. The third kappa shape index (κ3) is 2.08. The Morgan fingerprint density at radius 2 is 2.43 bits per heavy atom. The minimum atomic E-state index is -0.223. The predicted octanol–water partition coefficient (Wildman–Crippen LogP) is 1.60. The summed E-state index contributed by atoms with van der Waals surface area (Å²) < 4.78 is 4.67. The zero-order valence-electron chi connectivity index (χ0n) is 7.83. The number of esters is 1. The SMILES string of the molecule is COC(=O)c1cc2c(s1)CCNC2.Cl. The van der Waals surface area contributed by atoms with E-state index in [1.807, 2.05) is 6.07 Å². The molecule has 0 fully saturated rings. The van der Waals surface area contributed by atoms with Gasteiger partial charge in [0.25, 0.3) is 0 Å². The van der Waals surface area contributed by atoms with E-state index >= 15 is 0 Å². The molecule has 1 aromatic heterocycles. The molecule has 0 bridgehead atoms. The fraction of sp³-hybridized carbons (Fsp3) is 0.444. The van der Waals surface area contributed by atoms with Crippen molar-refractivity contribution in [1.29, 1.82) is 0 Å². The van der Waals surface area contributed by atoms with Crippen LogP contribution in [0.1, 0.15) is 20.1 Å². The van der Waals surface area contributed by atoms with Crippen LogP contribution in [0.4, 0.5) is 0 Å². The van der Waals surface area contributed by atoms with Gasteiger partial charge in [0.2, 0.25) is 0 Å². The van der Waals surface area contributed by atoms with Crippen molar-refractivity contribution in [2.75, 3.05) is 13.7 Å². The lowest BCUT2D eigenvalue weighted by molar-refractivity contribution is 0.0606. The number of methoxy groups -OCH3 is 1. The second-order valence-corrected chi connectivity index (χ2v) is 4.11. The summed E-state index contributed by atoms with van der Waals surface area (Å²) in [7, 11) is 1.42. The van der Waals surface area contributed by atoms with Crippen molar-refractivity contribution in [1.82, 2.24) is 5.32 Å². The zero-order chi connectivity index (χ0) is 9.26. The van der Waals surface area contributed by atoms with Gasteiger partial charge in [-0.1, -0.05) is 0 Å². The summed E-state index contributed by atoms with van der Waals surface area (Å²) in [5.74, 6) is -0.223. The minimum Gasteiger partial charge on any atom is -0.465 e. The Hall–Kier alpha value is -0.580. The van der Waals surface area contributed by atoms with E-state index in [4.69, 9.17) is 0 Å². The molecular weight excluding hydrogens is 222 g/mol. The molecule has 1 aliphatic rings. The van der Waals surface area contributed by atoms with Crippen molar-refractivity contribution < 1.29 is 9.53 Å². The smallest absolute Gasteiger partial charge is 0.348 e. The van der Waals surface area contributed by atoms with E-state index in [2.05, 4.69) is 10.1 Å². The lowest BCUT2D eigenvalue weighted by Gasteiger charge is -2.10. The summed E-state index contributed by atoms with van der Waals surface area (Å²) in [6.45, 7) is 1.89. The van der Waals surface area contributed by atoms with Gasteiger partial charge in [-0.15, -0.1) is 23.7 Å². The largest absolute Gasteiger partial charge is 0.465 e. The van der Waals surface area contributed by atoms with Gasteiger partial charge in [0, 0.05) is 18.0 Å². The quantitative estimate of drug-likeness (QED) is 0.749. The van der Waals surface area contributed by atoms with Crippen LogP contribution in [0, 0.1) is 0 Å². The first-order valence-corrected chi connectivity index (χ1v) is 5.03. The summed E-state index contributed by atoms with van der Waals surface area (Å²) >= 11 is 1.55. The molecule has 2 rings (SSSR count). The lowest BCUT2D eigenvalue weighted by atomic mass is 10.1. The van der Waals surface area contributed by atoms with Gasteiger partial charge in [-0.25, -0.2) is 4.79 Å². The van der Waals surface area contributed by atoms with Gasteiger partial charge in [0.15, 0.2) is 0 Å². The van der Waals surface area contributed by atoms with Gasteiger partial charge in [-0.05, 0) is 18.1 Å². The van der Waals surface area contributed by atoms with E-state index < -0.39 is 0 Å². The normalized spacial score (nSPS) is 14.1. The number of halogens is 1. The number of thiophene rings is 1. The van der Waals surface area contributed by atoms with Crippen LogP contribution in [0.15, 0.2) is 6.07 Å². The van der Waals surface area contributed by atoms with Gasteiger partial charge < -0.3 is 10.1 Å². The Labute approximate surface area is 92.9 Å². The maximum atomic E-state index is 11.2. The highest BCUT2D eigenvalue weighted by molar-refractivity contribution is 7.14. The third-order valence-electron chi connectivity index (χ3n) is 2.13. The second kappa shape index (κ2) is 4.77. The van der Waals surface area contributed by atoms with Crippen molar-refractivity contribution in [3.8, 4) is 0 Å². The fourth-order valence-electron chi connectivity index (χ4n) is 1.45. The van der Waals surface area contributed by atoms with E-state index in [1.54, 1.807) is 11.3 Å². The number of hydrogen-bond donors (Lipinski definition) is 1. The molecule has 0 atom stereocenters. The average Bonchev–Trinajstić information content (AvgIpc) is 2.59. The highest BCUT2D eigenvalue weighted by atomic mass is 35.5. The van der Waals surface area contributed by atoms with Gasteiger partial charge >= 0.3 is 5.97 Å². The minimum absolute atomic E-state index is 0. The average molecular weight is 234 g/mol. The summed E-state index contributed by atoms with van der Waals surface area (Å²) in [5, 5.41) is 3.27. The standard InChI is InChI=1S/C9H11NO2S.ClH/c1-12-9(11)8-4-6-5-10-3-2-7(6)13-8;/h4,10H,2-3,5H2,1H3;1H. The highest BCUT2D eigenvalue weighted by Crippen LogP contribution is 2.25. The summed E-state index contributed by atoms with van der Waals surface area (Å²) in [5.41, 5.74) is 1.25. The Morgan fingerprint density at radius 1 is 1.64 bits per heavy atom. The van der Waals surface area contributed by atoms with Crippen LogP contribution in [-0.4, -0.2) is 19.6 Å². The van der Waals surface area contributed by atoms with Crippen LogP contribution in [-0.2, 0) is 17.7 Å². The Morgan fingerprint density at radius 3 is 3.07 bits per heavy atom. The van der Waals surface area contributed by atoms with Crippen LogP contribution in [0.5, 0.6) is 0 Å². The third-order valence-corrected chi connectivity index (χ3v) is 3.34. The molecule has 0 spiro atoms. The van der Waals surface area contributed by atoms with Crippen LogP contribution in [0.2, 0.25) is 0 Å². The van der Waals surface area contributed by atoms with Crippen molar-refractivity contribution in [3.63, 3.8) is 0 Å². The van der Waals surface area contributed by atoms with Gasteiger partial charge in [0.1, 0.15) is 4.88 Å². The molecular formula is C9H12ClNO2S. The molecule has 0 radical (unpaired) electrons. The second-order valence-electron chi connectivity index (χ2n) is 2.98. The van der Waals surface area contributed by atoms with E-state index in [-0.39, 0.29) is 18.4 Å².